The molecule has 0 spiro atoms. The Balaban J connectivity index is 2.44. The minimum absolute atomic E-state index is 0.167. The normalized spacial score (nSPS) is 37.8. The van der Waals surface area contributed by atoms with E-state index < -0.39 is 0 Å². The van der Waals surface area contributed by atoms with Crippen LogP contribution < -0.4 is 0 Å². The number of allylic oxidation sites excluding steroid dienone is 1. The van der Waals surface area contributed by atoms with Gasteiger partial charge in [-0.3, -0.25) is 0 Å². The highest BCUT2D eigenvalue weighted by atomic mass is 79.9. The average Bonchev–Trinajstić information content (AvgIpc) is 1.77. The Bertz CT molecular complexity index is 88.7. The molecule has 0 fully saturated rings. The summed E-state index contributed by atoms with van der Waals surface area (Å²) in [6, 6.07) is 0. The van der Waals surface area contributed by atoms with Gasteiger partial charge < -0.3 is 5.11 Å². The smallest absolute Gasteiger partial charge is 0.0702 e. The van der Waals surface area contributed by atoms with E-state index in [4.69, 9.17) is 5.11 Å². The van der Waals surface area contributed by atoms with Crippen molar-refractivity contribution in [1.82, 2.24) is 0 Å². The van der Waals surface area contributed by atoms with Gasteiger partial charge in [-0.05, 0) is 12.8 Å². The molecule has 1 nitrogen and oxygen atoms in total. The quantitative estimate of drug-likeness (QED) is 0.438. The van der Waals surface area contributed by atoms with Crippen molar-refractivity contribution in [1.29, 1.82) is 0 Å². The van der Waals surface area contributed by atoms with Gasteiger partial charge in [0.25, 0.3) is 0 Å². The summed E-state index contributed by atoms with van der Waals surface area (Å²) in [5, 5.41) is 9.08. The third kappa shape index (κ3) is 1.33. The Kier molecular flexibility index (Phi) is 2.08. The standard InChI is InChI=1S/C6H9BrO/c7-5-3-1-2-4-6(5)8/h1-2,5-6,8H,3-4H2/t5-,6-/m1/s1. The fourth-order valence-electron chi connectivity index (χ4n) is 0.767. The van der Waals surface area contributed by atoms with Crippen LogP contribution in [0.4, 0.5) is 0 Å². The van der Waals surface area contributed by atoms with Crippen LogP contribution in [-0.2, 0) is 0 Å². The van der Waals surface area contributed by atoms with Crippen molar-refractivity contribution in [2.45, 2.75) is 23.8 Å². The highest BCUT2D eigenvalue weighted by molar-refractivity contribution is 9.09. The predicted molar refractivity (Wildman–Crippen MR) is 37.1 cm³/mol. The van der Waals surface area contributed by atoms with Gasteiger partial charge >= 0.3 is 0 Å². The maximum absolute atomic E-state index is 9.08. The van der Waals surface area contributed by atoms with E-state index >= 15 is 0 Å². The Labute approximate surface area is 57.5 Å². The molecule has 2 heteroatoms. The monoisotopic (exact) mass is 176 g/mol. The van der Waals surface area contributed by atoms with E-state index in [-0.39, 0.29) is 10.9 Å². The summed E-state index contributed by atoms with van der Waals surface area (Å²) in [6.45, 7) is 0. The Morgan fingerprint density at radius 3 is 2.38 bits per heavy atom. The van der Waals surface area contributed by atoms with Crippen LogP contribution in [0, 0.1) is 0 Å². The van der Waals surface area contributed by atoms with E-state index in [0.29, 0.717) is 0 Å². The molecule has 0 aromatic rings. The SMILES string of the molecule is O[C@@H]1CC=CC[C@H]1Br. The molecule has 0 aliphatic heterocycles. The lowest BCUT2D eigenvalue weighted by Gasteiger charge is -2.17. The highest BCUT2D eigenvalue weighted by Crippen LogP contribution is 2.18. The first-order chi connectivity index (χ1) is 3.80. The molecule has 8 heavy (non-hydrogen) atoms. The first-order valence-corrected chi connectivity index (χ1v) is 3.69. The Hall–Kier alpha value is 0.180. The van der Waals surface area contributed by atoms with Crippen LogP contribution in [0.2, 0.25) is 0 Å². The van der Waals surface area contributed by atoms with E-state index in [0.717, 1.165) is 12.8 Å². The zero-order valence-corrected chi connectivity index (χ0v) is 6.13. The van der Waals surface area contributed by atoms with Gasteiger partial charge in [-0.25, -0.2) is 0 Å². The van der Waals surface area contributed by atoms with Gasteiger partial charge in [0.05, 0.1) is 6.10 Å². The van der Waals surface area contributed by atoms with Crippen LogP contribution in [0.1, 0.15) is 12.8 Å². The van der Waals surface area contributed by atoms with Crippen molar-refractivity contribution in [2.24, 2.45) is 0 Å². The number of aliphatic hydroxyl groups excluding tert-OH is 1. The molecule has 0 saturated heterocycles. The molecule has 2 atom stereocenters. The summed E-state index contributed by atoms with van der Waals surface area (Å²) in [4.78, 5) is 0.285. The van der Waals surface area contributed by atoms with Gasteiger partial charge in [0.1, 0.15) is 0 Å². The lowest BCUT2D eigenvalue weighted by Crippen LogP contribution is -2.21. The molecule has 0 radical (unpaired) electrons. The summed E-state index contributed by atoms with van der Waals surface area (Å²) in [5.74, 6) is 0. The topological polar surface area (TPSA) is 20.2 Å². The van der Waals surface area contributed by atoms with E-state index in [2.05, 4.69) is 22.0 Å². The first kappa shape index (κ1) is 6.30. The molecule has 0 heterocycles. The lowest BCUT2D eigenvalue weighted by atomic mass is 10.1. The van der Waals surface area contributed by atoms with Crippen molar-refractivity contribution < 1.29 is 5.11 Å². The molecular formula is C6H9BrO. The zero-order chi connectivity index (χ0) is 5.98. The van der Waals surface area contributed by atoms with E-state index in [1.807, 2.05) is 6.08 Å². The Morgan fingerprint density at radius 1 is 1.38 bits per heavy atom. The van der Waals surface area contributed by atoms with E-state index in [1.54, 1.807) is 0 Å². The van der Waals surface area contributed by atoms with Crippen LogP contribution in [-0.4, -0.2) is 16.0 Å². The van der Waals surface area contributed by atoms with E-state index in [9.17, 15) is 0 Å². The van der Waals surface area contributed by atoms with Gasteiger partial charge in [0.15, 0.2) is 0 Å². The summed E-state index contributed by atoms with van der Waals surface area (Å²) in [6.07, 6.45) is 5.70. The molecule has 0 bridgehead atoms. The van der Waals surface area contributed by atoms with Gasteiger partial charge in [-0.1, -0.05) is 28.1 Å². The summed E-state index contributed by atoms with van der Waals surface area (Å²) in [5.41, 5.74) is 0. The van der Waals surface area contributed by atoms with Gasteiger partial charge in [0, 0.05) is 4.83 Å². The maximum Gasteiger partial charge on any atom is 0.0702 e. The molecule has 0 unspecified atom stereocenters. The Morgan fingerprint density at radius 2 is 2.00 bits per heavy atom. The third-order valence-corrected chi connectivity index (χ3v) is 2.31. The van der Waals surface area contributed by atoms with Crippen LogP contribution >= 0.6 is 15.9 Å². The number of hydrogen-bond donors (Lipinski definition) is 1. The average molecular weight is 177 g/mol. The predicted octanol–water partition coefficient (Wildman–Crippen LogP) is 1.46. The number of hydrogen-bond acceptors (Lipinski definition) is 1. The van der Waals surface area contributed by atoms with Crippen molar-refractivity contribution >= 4 is 15.9 Å². The fourth-order valence-corrected chi connectivity index (χ4v) is 1.20. The highest BCUT2D eigenvalue weighted by Gasteiger charge is 2.15. The molecule has 0 amide bonds. The van der Waals surface area contributed by atoms with Crippen molar-refractivity contribution in [2.75, 3.05) is 0 Å². The molecule has 1 N–H and O–H groups in total. The van der Waals surface area contributed by atoms with Crippen molar-refractivity contribution in [3.8, 4) is 0 Å². The fraction of sp³-hybridized carbons (Fsp3) is 0.667. The molecule has 46 valence electrons. The van der Waals surface area contributed by atoms with Crippen LogP contribution in [0.25, 0.3) is 0 Å². The van der Waals surface area contributed by atoms with E-state index in [1.165, 1.54) is 0 Å². The van der Waals surface area contributed by atoms with Crippen LogP contribution in [0.3, 0.4) is 0 Å². The van der Waals surface area contributed by atoms with Gasteiger partial charge in [-0.15, -0.1) is 0 Å². The molecular weight excluding hydrogens is 168 g/mol. The number of rotatable bonds is 0. The summed E-state index contributed by atoms with van der Waals surface area (Å²) >= 11 is 3.35. The zero-order valence-electron chi connectivity index (χ0n) is 4.55. The second kappa shape index (κ2) is 2.65. The molecule has 0 aromatic heterocycles. The van der Waals surface area contributed by atoms with Crippen LogP contribution in [0.15, 0.2) is 12.2 Å². The summed E-state index contributed by atoms with van der Waals surface area (Å²) in [7, 11) is 0. The summed E-state index contributed by atoms with van der Waals surface area (Å²) < 4.78 is 0. The molecule has 1 rings (SSSR count). The molecule has 1 aliphatic carbocycles. The lowest BCUT2D eigenvalue weighted by molar-refractivity contribution is 0.172. The van der Waals surface area contributed by atoms with Crippen LogP contribution in [0.5, 0.6) is 0 Å². The number of aliphatic hydroxyl groups is 1. The molecule has 1 aliphatic rings. The van der Waals surface area contributed by atoms with Crippen molar-refractivity contribution in [3.05, 3.63) is 12.2 Å². The van der Waals surface area contributed by atoms with Gasteiger partial charge in [0.2, 0.25) is 0 Å². The second-order valence-electron chi connectivity index (χ2n) is 2.03. The number of alkyl halides is 1. The molecule has 0 saturated carbocycles. The minimum Gasteiger partial charge on any atom is -0.392 e. The van der Waals surface area contributed by atoms with Crippen molar-refractivity contribution in [3.63, 3.8) is 0 Å². The first-order valence-electron chi connectivity index (χ1n) is 2.78. The second-order valence-corrected chi connectivity index (χ2v) is 3.20. The number of halogens is 1. The van der Waals surface area contributed by atoms with Gasteiger partial charge in [-0.2, -0.15) is 0 Å². The maximum atomic E-state index is 9.08. The molecule has 0 aromatic carbocycles. The third-order valence-electron chi connectivity index (χ3n) is 1.32. The largest absolute Gasteiger partial charge is 0.392 e. The minimum atomic E-state index is -0.167.